The van der Waals surface area contributed by atoms with Gasteiger partial charge in [0.15, 0.2) is 17.5 Å². The van der Waals surface area contributed by atoms with Crippen LogP contribution in [0.3, 0.4) is 0 Å². The molecule has 3 aliphatic rings. The standard InChI is InChI=1S/C51H35N3/c1-50(2)42-23-13-10-20-37(42)39-31-46-40(30-45(39)50)38-21-11-14-24-43(38)51(46)41-22-12-9-15-32(41)25-26-33-27-28-36(29-44(33)51)49-53-47(34-16-5-3-6-17-34)52-48(54-49)35-18-7-4-8-19-35/h3-31H,1-2H3/i3D,4D,5D,6D,7D,8D,16D,17D,18D,19D. The van der Waals surface area contributed by atoms with Crippen LogP contribution in [0.5, 0.6) is 0 Å². The van der Waals surface area contributed by atoms with Gasteiger partial charge in [-0.1, -0.05) is 171 Å². The van der Waals surface area contributed by atoms with Crippen molar-refractivity contribution in [3.05, 3.63) is 208 Å². The van der Waals surface area contributed by atoms with Crippen LogP contribution in [0, 0.1) is 0 Å². The van der Waals surface area contributed by atoms with Crippen molar-refractivity contribution in [2.75, 3.05) is 0 Å². The second-order valence-corrected chi connectivity index (χ2v) is 14.4. The molecule has 1 atom stereocenters. The fraction of sp³-hybridized carbons (Fsp3) is 0.0784. The van der Waals surface area contributed by atoms with Crippen LogP contribution in [0.25, 0.3) is 68.6 Å². The lowest BCUT2D eigenvalue weighted by Crippen LogP contribution is -2.30. The molecule has 0 saturated carbocycles. The van der Waals surface area contributed by atoms with E-state index in [1.54, 1.807) is 0 Å². The van der Waals surface area contributed by atoms with E-state index in [-0.39, 0.29) is 34.0 Å². The Balaban J connectivity index is 1.24. The number of benzene rings is 7. The van der Waals surface area contributed by atoms with Gasteiger partial charge in [0.05, 0.1) is 19.1 Å². The molecular formula is C51H35N3. The number of aromatic nitrogens is 3. The molecule has 1 unspecified atom stereocenters. The molecule has 7 aromatic carbocycles. The molecule has 254 valence electrons. The summed E-state index contributed by atoms with van der Waals surface area (Å²) in [6.45, 7) is 4.55. The number of nitrogens with zero attached hydrogens (tertiary/aromatic N) is 3. The number of hydrogen-bond donors (Lipinski definition) is 0. The van der Waals surface area contributed by atoms with Gasteiger partial charge in [-0.3, -0.25) is 0 Å². The average molecular weight is 700 g/mol. The Hall–Kier alpha value is -6.71. The molecule has 0 bridgehead atoms. The Labute approximate surface area is 329 Å². The van der Waals surface area contributed by atoms with E-state index < -0.39 is 65.8 Å². The smallest absolute Gasteiger partial charge is 0.164 e. The maximum absolute atomic E-state index is 8.85. The Morgan fingerprint density at radius 1 is 0.407 bits per heavy atom. The van der Waals surface area contributed by atoms with Crippen LogP contribution in [0.1, 0.15) is 72.1 Å². The molecule has 0 saturated heterocycles. The molecule has 11 rings (SSSR count). The van der Waals surface area contributed by atoms with Crippen molar-refractivity contribution >= 4 is 12.2 Å². The summed E-state index contributed by atoms with van der Waals surface area (Å²) in [4.78, 5) is 14.1. The summed E-state index contributed by atoms with van der Waals surface area (Å²) in [5, 5.41) is 0. The van der Waals surface area contributed by atoms with Crippen molar-refractivity contribution in [3.63, 3.8) is 0 Å². The summed E-state index contributed by atoms with van der Waals surface area (Å²) < 4.78 is 85.7. The normalized spacial score (nSPS) is 19.1. The predicted octanol–water partition coefficient (Wildman–Crippen LogP) is 12.0. The zero-order valence-electron chi connectivity index (χ0n) is 39.3. The lowest BCUT2D eigenvalue weighted by Gasteiger charge is -2.36. The van der Waals surface area contributed by atoms with Gasteiger partial charge >= 0.3 is 0 Å². The number of rotatable bonds is 3. The molecule has 1 heterocycles. The van der Waals surface area contributed by atoms with Crippen molar-refractivity contribution in [3.8, 4) is 56.4 Å². The average Bonchev–Trinajstić information content (AvgIpc) is 3.65. The summed E-state index contributed by atoms with van der Waals surface area (Å²) in [6, 6.07) is 30.2. The molecule has 8 aromatic rings. The lowest BCUT2D eigenvalue weighted by molar-refractivity contribution is 0.660. The van der Waals surface area contributed by atoms with E-state index in [1.807, 2.05) is 24.3 Å². The first kappa shape index (κ1) is 22.4. The van der Waals surface area contributed by atoms with E-state index in [9.17, 15) is 0 Å². The maximum Gasteiger partial charge on any atom is 0.164 e. The summed E-state index contributed by atoms with van der Waals surface area (Å²) in [6.07, 6.45) is 4.23. The Morgan fingerprint density at radius 3 is 1.57 bits per heavy atom. The minimum atomic E-state index is -0.882. The number of hydrogen-bond acceptors (Lipinski definition) is 3. The molecule has 0 amide bonds. The first-order chi connectivity index (χ1) is 30.7. The third-order valence-electron chi connectivity index (χ3n) is 11.4. The second kappa shape index (κ2) is 11.4. The molecule has 54 heavy (non-hydrogen) atoms. The SMILES string of the molecule is [2H]c1c([2H])c([2H])c(-c2nc(-c3ccc4c(c3)C3(c5ccccc5C=C4)c4ccccc4-c4cc5c(cc43)-c3ccccc3C5(C)C)nc(-c3c([2H])c([2H])c([2H])c([2H])c3[2H])n2)c([2H])c1[2H]. The quantitative estimate of drug-likeness (QED) is 0.184. The van der Waals surface area contributed by atoms with Crippen LogP contribution in [0.2, 0.25) is 0 Å². The van der Waals surface area contributed by atoms with Gasteiger partial charge in [0, 0.05) is 22.1 Å². The minimum Gasteiger partial charge on any atom is -0.208 e. The minimum absolute atomic E-state index is 0.00854. The van der Waals surface area contributed by atoms with Gasteiger partial charge in [0.25, 0.3) is 0 Å². The fourth-order valence-corrected chi connectivity index (χ4v) is 8.98. The highest BCUT2D eigenvalue weighted by Gasteiger charge is 2.50. The van der Waals surface area contributed by atoms with Crippen LogP contribution in [0.4, 0.5) is 0 Å². The van der Waals surface area contributed by atoms with Crippen LogP contribution in [-0.4, -0.2) is 15.0 Å². The molecular weight excluding hydrogens is 655 g/mol. The molecule has 0 radical (unpaired) electrons. The zero-order valence-corrected chi connectivity index (χ0v) is 29.3. The molecule has 0 aliphatic heterocycles. The fourth-order valence-electron chi connectivity index (χ4n) is 8.98. The van der Waals surface area contributed by atoms with Crippen molar-refractivity contribution in [2.24, 2.45) is 0 Å². The van der Waals surface area contributed by atoms with Crippen LogP contribution in [-0.2, 0) is 10.8 Å². The van der Waals surface area contributed by atoms with Crippen molar-refractivity contribution < 1.29 is 13.7 Å². The van der Waals surface area contributed by atoms with Gasteiger partial charge in [-0.15, -0.1) is 0 Å². The topological polar surface area (TPSA) is 38.7 Å². The second-order valence-electron chi connectivity index (χ2n) is 14.4. The van der Waals surface area contributed by atoms with Crippen molar-refractivity contribution in [1.82, 2.24) is 15.0 Å². The van der Waals surface area contributed by atoms with Gasteiger partial charge < -0.3 is 0 Å². The van der Waals surface area contributed by atoms with Crippen LogP contribution >= 0.6 is 0 Å². The van der Waals surface area contributed by atoms with E-state index in [4.69, 9.17) is 23.7 Å². The van der Waals surface area contributed by atoms with E-state index in [2.05, 4.69) is 110 Å². The first-order valence-electron chi connectivity index (χ1n) is 22.9. The van der Waals surface area contributed by atoms with Crippen LogP contribution in [0.15, 0.2) is 164 Å². The molecule has 3 heteroatoms. The van der Waals surface area contributed by atoms with Gasteiger partial charge in [-0.2, -0.15) is 0 Å². The first-order valence-corrected chi connectivity index (χ1v) is 17.9. The Kier molecular flexibility index (Phi) is 4.72. The monoisotopic (exact) mass is 699 g/mol. The highest BCUT2D eigenvalue weighted by molar-refractivity contribution is 5.95. The molecule has 0 N–H and O–H groups in total. The van der Waals surface area contributed by atoms with E-state index in [1.165, 1.54) is 22.3 Å². The molecule has 1 spiro atoms. The summed E-state index contributed by atoms with van der Waals surface area (Å²) >= 11 is 0. The largest absolute Gasteiger partial charge is 0.208 e. The van der Waals surface area contributed by atoms with Gasteiger partial charge in [-0.05, 0) is 85.0 Å². The Morgan fingerprint density at radius 2 is 0.907 bits per heavy atom. The highest BCUT2D eigenvalue weighted by Crippen LogP contribution is 2.61. The zero-order chi connectivity index (χ0) is 44.7. The molecule has 3 aliphatic carbocycles. The van der Waals surface area contributed by atoms with Crippen LogP contribution < -0.4 is 0 Å². The van der Waals surface area contributed by atoms with Gasteiger partial charge in [0.1, 0.15) is 0 Å². The summed E-state index contributed by atoms with van der Waals surface area (Å²) in [5.74, 6) is -0.617. The van der Waals surface area contributed by atoms with E-state index in [0.717, 1.165) is 44.5 Å². The van der Waals surface area contributed by atoms with E-state index >= 15 is 0 Å². The molecule has 0 fully saturated rings. The van der Waals surface area contributed by atoms with Crippen molar-refractivity contribution in [1.29, 1.82) is 0 Å². The third-order valence-corrected chi connectivity index (χ3v) is 11.4. The molecule has 3 nitrogen and oxygen atoms in total. The number of fused-ring (bicyclic) bond motifs is 12. The van der Waals surface area contributed by atoms with Gasteiger partial charge in [0.2, 0.25) is 0 Å². The summed E-state index contributed by atoms with van der Waals surface area (Å²) in [7, 11) is 0. The van der Waals surface area contributed by atoms with Gasteiger partial charge in [-0.25, -0.2) is 15.0 Å². The van der Waals surface area contributed by atoms with Crippen molar-refractivity contribution in [2.45, 2.75) is 24.7 Å². The predicted molar refractivity (Wildman–Crippen MR) is 220 cm³/mol. The third kappa shape index (κ3) is 4.27. The van der Waals surface area contributed by atoms with E-state index in [0.29, 0.717) is 5.56 Å². The summed E-state index contributed by atoms with van der Waals surface area (Å²) in [5.41, 5.74) is 11.9. The lowest BCUT2D eigenvalue weighted by atomic mass is 9.65. The molecule has 1 aromatic heterocycles. The highest BCUT2D eigenvalue weighted by atomic mass is 15.0. The maximum atomic E-state index is 8.85. The Bertz CT molecular complexity index is 3310.